The lowest BCUT2D eigenvalue weighted by atomic mass is 9.83. The van der Waals surface area contributed by atoms with Crippen LogP contribution in [-0.4, -0.2) is 15.4 Å². The fourth-order valence-corrected chi connectivity index (χ4v) is 3.69. The van der Waals surface area contributed by atoms with Crippen molar-refractivity contribution in [1.82, 2.24) is 14.7 Å². The highest BCUT2D eigenvalue weighted by molar-refractivity contribution is 6.30. The van der Waals surface area contributed by atoms with Gasteiger partial charge in [0, 0.05) is 25.0 Å². The fraction of sp³-hybridized carbons (Fsp3) is 0.588. The monoisotopic (exact) mass is 305 g/mol. The number of nitrogens with one attached hydrogen (secondary N) is 1. The summed E-state index contributed by atoms with van der Waals surface area (Å²) in [5.74, 6) is 0.843. The van der Waals surface area contributed by atoms with Crippen molar-refractivity contribution in [2.24, 2.45) is 5.92 Å². The third-order valence-corrected chi connectivity index (χ3v) is 4.89. The number of rotatable bonds is 5. The summed E-state index contributed by atoms with van der Waals surface area (Å²) in [6.07, 6.45) is 12.2. The molecule has 4 heteroatoms. The minimum atomic E-state index is 0.624. The van der Waals surface area contributed by atoms with Crippen molar-refractivity contribution in [3.63, 3.8) is 0 Å². The molecular formula is C17H24ClN3. The summed E-state index contributed by atoms with van der Waals surface area (Å²) in [7, 11) is 0. The molecule has 0 aromatic carbocycles. The Morgan fingerprint density at radius 3 is 2.86 bits per heavy atom. The lowest BCUT2D eigenvalue weighted by Gasteiger charge is -2.30. The van der Waals surface area contributed by atoms with E-state index in [-0.39, 0.29) is 0 Å². The molecule has 0 saturated heterocycles. The zero-order chi connectivity index (χ0) is 14.7. The van der Waals surface area contributed by atoms with Gasteiger partial charge in [0.15, 0.2) is 0 Å². The predicted octanol–water partition coefficient (Wildman–Crippen LogP) is 4.44. The van der Waals surface area contributed by atoms with Gasteiger partial charge >= 0.3 is 0 Å². The molecule has 3 rings (SSSR count). The second kappa shape index (κ2) is 6.80. The average Bonchev–Trinajstić information content (AvgIpc) is 2.91. The maximum atomic E-state index is 6.02. The predicted molar refractivity (Wildman–Crippen MR) is 87.7 cm³/mol. The highest BCUT2D eigenvalue weighted by atomic mass is 35.5. The van der Waals surface area contributed by atoms with Gasteiger partial charge in [-0.25, -0.2) is 4.98 Å². The highest BCUT2D eigenvalue weighted by Gasteiger charge is 2.21. The smallest absolute Gasteiger partial charge is 0.137 e. The molecule has 114 valence electrons. The molecule has 1 fully saturated rings. The largest absolute Gasteiger partial charge is 0.308 e. The van der Waals surface area contributed by atoms with Crippen LogP contribution >= 0.6 is 11.6 Å². The number of pyridine rings is 1. The van der Waals surface area contributed by atoms with Crippen LogP contribution in [-0.2, 0) is 6.54 Å². The van der Waals surface area contributed by atoms with Gasteiger partial charge in [-0.2, -0.15) is 0 Å². The molecule has 0 spiro atoms. The number of imidazole rings is 1. The summed E-state index contributed by atoms with van der Waals surface area (Å²) in [4.78, 5) is 4.65. The molecule has 0 aliphatic heterocycles. The maximum Gasteiger partial charge on any atom is 0.137 e. The second-order valence-corrected chi connectivity index (χ2v) is 6.58. The Morgan fingerprint density at radius 1 is 1.29 bits per heavy atom. The van der Waals surface area contributed by atoms with Gasteiger partial charge in [0.1, 0.15) is 5.65 Å². The molecule has 21 heavy (non-hydrogen) atoms. The molecule has 1 atom stereocenters. The topological polar surface area (TPSA) is 29.3 Å². The second-order valence-electron chi connectivity index (χ2n) is 6.14. The Bertz CT molecular complexity index is 587. The van der Waals surface area contributed by atoms with Crippen molar-refractivity contribution in [2.75, 3.05) is 0 Å². The molecule has 0 radical (unpaired) electrons. The van der Waals surface area contributed by atoms with Gasteiger partial charge in [0.05, 0.1) is 10.7 Å². The van der Waals surface area contributed by atoms with E-state index in [0.717, 1.165) is 28.8 Å². The van der Waals surface area contributed by atoms with Crippen LogP contribution in [0.1, 0.15) is 51.1 Å². The fourth-order valence-electron chi connectivity index (χ4n) is 3.52. The Hall–Kier alpha value is -1.06. The minimum absolute atomic E-state index is 0.624. The van der Waals surface area contributed by atoms with Crippen LogP contribution < -0.4 is 5.32 Å². The summed E-state index contributed by atoms with van der Waals surface area (Å²) < 4.78 is 2.00. The van der Waals surface area contributed by atoms with E-state index < -0.39 is 0 Å². The maximum absolute atomic E-state index is 6.02. The van der Waals surface area contributed by atoms with Crippen LogP contribution in [0, 0.1) is 5.92 Å². The van der Waals surface area contributed by atoms with E-state index in [4.69, 9.17) is 11.6 Å². The Labute approximate surface area is 131 Å². The van der Waals surface area contributed by atoms with E-state index in [1.807, 2.05) is 22.7 Å². The third kappa shape index (κ3) is 3.58. The van der Waals surface area contributed by atoms with Crippen LogP contribution in [0.25, 0.3) is 5.65 Å². The first-order valence-electron chi connectivity index (χ1n) is 8.13. The van der Waals surface area contributed by atoms with Gasteiger partial charge in [-0.05, 0) is 37.3 Å². The molecule has 0 bridgehead atoms. The van der Waals surface area contributed by atoms with Crippen LogP contribution in [0.2, 0.25) is 5.02 Å². The van der Waals surface area contributed by atoms with Crippen molar-refractivity contribution in [2.45, 2.75) is 58.0 Å². The lowest BCUT2D eigenvalue weighted by Crippen LogP contribution is -2.36. The average molecular weight is 306 g/mol. The van der Waals surface area contributed by atoms with Crippen molar-refractivity contribution >= 4 is 17.2 Å². The van der Waals surface area contributed by atoms with E-state index in [2.05, 4.69) is 23.4 Å². The zero-order valence-electron chi connectivity index (χ0n) is 12.7. The molecule has 2 aromatic rings. The molecule has 1 aliphatic rings. The molecule has 0 amide bonds. The van der Waals surface area contributed by atoms with Crippen LogP contribution in [0.4, 0.5) is 0 Å². The first-order chi connectivity index (χ1) is 10.3. The van der Waals surface area contributed by atoms with Gasteiger partial charge in [-0.15, -0.1) is 0 Å². The Balaban J connectivity index is 1.64. The van der Waals surface area contributed by atoms with E-state index >= 15 is 0 Å². The molecule has 1 saturated carbocycles. The standard InChI is InChI=1S/C17H24ClN3/c1-2-16(13-6-4-3-5-7-13)19-10-15-12-21-11-14(18)8-9-17(21)20-15/h8-9,11-13,16,19H,2-7,10H2,1H3. The molecule has 2 heterocycles. The van der Waals surface area contributed by atoms with E-state index in [9.17, 15) is 0 Å². The number of nitrogens with zero attached hydrogens (tertiary/aromatic N) is 2. The summed E-state index contributed by atoms with van der Waals surface area (Å²) in [5, 5.41) is 4.47. The Morgan fingerprint density at radius 2 is 2.10 bits per heavy atom. The van der Waals surface area contributed by atoms with Crippen molar-refractivity contribution in [3.05, 3.63) is 35.2 Å². The van der Waals surface area contributed by atoms with Crippen molar-refractivity contribution in [3.8, 4) is 0 Å². The summed E-state index contributed by atoms with van der Waals surface area (Å²) in [6, 6.07) is 4.47. The van der Waals surface area contributed by atoms with Crippen LogP contribution in [0.3, 0.4) is 0 Å². The summed E-state index contributed by atoms with van der Waals surface area (Å²) in [6.45, 7) is 3.13. The molecule has 1 aliphatic carbocycles. The van der Waals surface area contributed by atoms with Crippen molar-refractivity contribution < 1.29 is 0 Å². The lowest BCUT2D eigenvalue weighted by molar-refractivity contribution is 0.261. The van der Waals surface area contributed by atoms with Gasteiger partial charge in [-0.3, -0.25) is 0 Å². The van der Waals surface area contributed by atoms with E-state index in [0.29, 0.717) is 6.04 Å². The number of hydrogen-bond acceptors (Lipinski definition) is 2. The minimum Gasteiger partial charge on any atom is -0.308 e. The normalized spacial score (nSPS) is 18.2. The van der Waals surface area contributed by atoms with Gasteiger partial charge < -0.3 is 9.72 Å². The number of halogens is 1. The molecule has 1 N–H and O–H groups in total. The van der Waals surface area contributed by atoms with Gasteiger partial charge in [0.25, 0.3) is 0 Å². The van der Waals surface area contributed by atoms with Gasteiger partial charge in [-0.1, -0.05) is 37.8 Å². The van der Waals surface area contributed by atoms with Crippen molar-refractivity contribution in [1.29, 1.82) is 0 Å². The van der Waals surface area contributed by atoms with Crippen LogP contribution in [0.5, 0.6) is 0 Å². The third-order valence-electron chi connectivity index (χ3n) is 4.67. The van der Waals surface area contributed by atoms with E-state index in [1.54, 1.807) is 0 Å². The number of hydrogen-bond donors (Lipinski definition) is 1. The summed E-state index contributed by atoms with van der Waals surface area (Å²) in [5.41, 5.74) is 2.05. The number of fused-ring (bicyclic) bond motifs is 1. The van der Waals surface area contributed by atoms with Gasteiger partial charge in [0.2, 0.25) is 0 Å². The molecule has 1 unspecified atom stereocenters. The molecular weight excluding hydrogens is 282 g/mol. The molecule has 2 aromatic heterocycles. The zero-order valence-corrected chi connectivity index (χ0v) is 13.4. The van der Waals surface area contributed by atoms with E-state index in [1.165, 1.54) is 38.5 Å². The first-order valence-corrected chi connectivity index (χ1v) is 8.50. The SMILES string of the molecule is CCC(NCc1cn2cc(Cl)ccc2n1)C1CCCCC1. The summed E-state index contributed by atoms with van der Waals surface area (Å²) >= 11 is 6.02. The first kappa shape index (κ1) is 14.9. The quantitative estimate of drug-likeness (QED) is 0.885. The highest BCUT2D eigenvalue weighted by Crippen LogP contribution is 2.27. The number of aromatic nitrogens is 2. The molecule has 3 nitrogen and oxygen atoms in total. The van der Waals surface area contributed by atoms with Crippen LogP contribution in [0.15, 0.2) is 24.5 Å². The Kier molecular flexibility index (Phi) is 4.81.